The molecule has 1 N–H and O–H groups in total. The molecule has 0 aliphatic heterocycles. The molecular weight excluding hydrogens is 196 g/mol. The van der Waals surface area contributed by atoms with E-state index in [0.717, 1.165) is 5.56 Å². The monoisotopic (exact) mass is 205 g/mol. The molecule has 1 aromatic heterocycles. The van der Waals surface area contributed by atoms with Crippen molar-refractivity contribution in [2.45, 2.75) is 12.8 Å². The molecule has 0 bridgehead atoms. The number of hydrogen-bond donors (Lipinski definition) is 1. The smallest absolute Gasteiger partial charge is 0.315 e. The molecule has 5 heteroatoms. The summed E-state index contributed by atoms with van der Waals surface area (Å²) in [5.74, 6) is -1.20. The fourth-order valence-electron chi connectivity index (χ4n) is 0.842. The van der Waals surface area contributed by atoms with Gasteiger partial charge in [-0.25, -0.2) is 0 Å². The second-order valence-corrected chi connectivity index (χ2v) is 3.25. The van der Waals surface area contributed by atoms with Crippen LogP contribution in [0.2, 0.25) is 0 Å². The summed E-state index contributed by atoms with van der Waals surface area (Å²) < 4.78 is 23.4. The quantitative estimate of drug-likeness (QED) is 0.796. The van der Waals surface area contributed by atoms with Crippen molar-refractivity contribution in [3.8, 4) is 0 Å². The summed E-state index contributed by atoms with van der Waals surface area (Å²) in [7, 11) is 0. The van der Waals surface area contributed by atoms with Crippen LogP contribution < -0.4 is 5.32 Å². The molecule has 0 radical (unpaired) electrons. The summed E-state index contributed by atoms with van der Waals surface area (Å²) in [6.07, 6.45) is -2.32. The first-order valence-corrected chi connectivity index (χ1v) is 4.71. The SMILES string of the molecule is O=C(NCCc1ccsc1)C(F)F. The molecule has 0 aliphatic carbocycles. The van der Waals surface area contributed by atoms with Gasteiger partial charge < -0.3 is 5.32 Å². The molecule has 0 saturated heterocycles. The number of amides is 1. The van der Waals surface area contributed by atoms with Crippen molar-refractivity contribution in [1.29, 1.82) is 0 Å². The van der Waals surface area contributed by atoms with Gasteiger partial charge in [0.25, 0.3) is 5.91 Å². The van der Waals surface area contributed by atoms with Gasteiger partial charge in [0.1, 0.15) is 0 Å². The van der Waals surface area contributed by atoms with Crippen molar-refractivity contribution in [1.82, 2.24) is 5.32 Å². The fraction of sp³-hybridized carbons (Fsp3) is 0.375. The normalized spacial score (nSPS) is 10.4. The second kappa shape index (κ2) is 4.91. The molecule has 13 heavy (non-hydrogen) atoms. The van der Waals surface area contributed by atoms with Crippen molar-refractivity contribution in [2.75, 3.05) is 6.54 Å². The Morgan fingerprint density at radius 2 is 2.38 bits per heavy atom. The van der Waals surface area contributed by atoms with Crippen LogP contribution in [0, 0.1) is 0 Å². The Hall–Kier alpha value is -0.970. The molecule has 0 aromatic carbocycles. The van der Waals surface area contributed by atoms with E-state index >= 15 is 0 Å². The van der Waals surface area contributed by atoms with Crippen molar-refractivity contribution in [3.05, 3.63) is 22.4 Å². The highest BCUT2D eigenvalue weighted by Crippen LogP contribution is 2.05. The van der Waals surface area contributed by atoms with Gasteiger partial charge in [-0.1, -0.05) is 0 Å². The van der Waals surface area contributed by atoms with Crippen LogP contribution in [-0.2, 0) is 11.2 Å². The Morgan fingerprint density at radius 1 is 1.62 bits per heavy atom. The third kappa shape index (κ3) is 3.50. The Labute approximate surface area is 78.6 Å². The highest BCUT2D eigenvalue weighted by atomic mass is 32.1. The molecule has 0 atom stereocenters. The van der Waals surface area contributed by atoms with Gasteiger partial charge in [0.05, 0.1) is 0 Å². The van der Waals surface area contributed by atoms with Gasteiger partial charge in [0.2, 0.25) is 0 Å². The Balaban J connectivity index is 2.18. The number of carbonyl (C=O) groups is 1. The average molecular weight is 205 g/mol. The third-order valence-corrected chi connectivity index (χ3v) is 2.22. The Bertz CT molecular complexity index is 261. The lowest BCUT2D eigenvalue weighted by Crippen LogP contribution is -2.31. The van der Waals surface area contributed by atoms with Crippen LogP contribution in [0.25, 0.3) is 0 Å². The molecule has 0 fully saturated rings. The van der Waals surface area contributed by atoms with E-state index in [0.29, 0.717) is 6.42 Å². The summed E-state index contributed by atoms with van der Waals surface area (Å²) >= 11 is 1.54. The van der Waals surface area contributed by atoms with Gasteiger partial charge in [0, 0.05) is 6.54 Å². The van der Waals surface area contributed by atoms with Crippen LogP contribution in [-0.4, -0.2) is 18.9 Å². The first-order chi connectivity index (χ1) is 6.20. The number of thiophene rings is 1. The second-order valence-electron chi connectivity index (χ2n) is 2.47. The van der Waals surface area contributed by atoms with Crippen molar-refractivity contribution in [3.63, 3.8) is 0 Å². The zero-order valence-electron chi connectivity index (χ0n) is 6.80. The minimum atomic E-state index is -2.91. The molecule has 1 heterocycles. The molecule has 1 rings (SSSR count). The van der Waals surface area contributed by atoms with E-state index < -0.39 is 12.3 Å². The molecule has 1 aromatic rings. The minimum Gasteiger partial charge on any atom is -0.351 e. The van der Waals surface area contributed by atoms with Crippen LogP contribution in [0.1, 0.15) is 5.56 Å². The maximum absolute atomic E-state index is 11.7. The molecular formula is C8H9F2NOS. The molecule has 72 valence electrons. The van der Waals surface area contributed by atoms with E-state index in [4.69, 9.17) is 0 Å². The summed E-state index contributed by atoms with van der Waals surface area (Å²) in [4.78, 5) is 10.4. The van der Waals surface area contributed by atoms with Crippen LogP contribution in [0.3, 0.4) is 0 Å². The molecule has 0 aliphatic rings. The number of hydrogen-bond acceptors (Lipinski definition) is 2. The number of halogens is 2. The van der Waals surface area contributed by atoms with E-state index in [1.54, 1.807) is 11.3 Å². The number of carbonyl (C=O) groups excluding carboxylic acids is 1. The van der Waals surface area contributed by atoms with Gasteiger partial charge in [-0.3, -0.25) is 4.79 Å². The zero-order chi connectivity index (χ0) is 9.68. The van der Waals surface area contributed by atoms with Gasteiger partial charge in [-0.15, -0.1) is 0 Å². The average Bonchev–Trinajstić information content (AvgIpc) is 2.56. The fourth-order valence-corrected chi connectivity index (χ4v) is 1.55. The summed E-state index contributed by atoms with van der Waals surface area (Å²) in [6, 6.07) is 1.90. The zero-order valence-corrected chi connectivity index (χ0v) is 7.61. The lowest BCUT2D eigenvalue weighted by molar-refractivity contribution is -0.131. The topological polar surface area (TPSA) is 29.1 Å². The molecule has 0 spiro atoms. The maximum atomic E-state index is 11.7. The van der Waals surface area contributed by atoms with Gasteiger partial charge in [-0.2, -0.15) is 20.1 Å². The van der Waals surface area contributed by atoms with Crippen LogP contribution >= 0.6 is 11.3 Å². The first kappa shape index (κ1) is 10.1. The van der Waals surface area contributed by atoms with Gasteiger partial charge in [0.15, 0.2) is 0 Å². The Kier molecular flexibility index (Phi) is 3.82. The highest BCUT2D eigenvalue weighted by molar-refractivity contribution is 7.07. The first-order valence-electron chi connectivity index (χ1n) is 3.77. The largest absolute Gasteiger partial charge is 0.351 e. The van der Waals surface area contributed by atoms with Crippen LogP contribution in [0.15, 0.2) is 16.8 Å². The standard InChI is InChI=1S/C8H9F2NOS/c9-7(10)8(12)11-3-1-6-2-4-13-5-6/h2,4-5,7H,1,3H2,(H,11,12). The van der Waals surface area contributed by atoms with Crippen LogP contribution in [0.5, 0.6) is 0 Å². The molecule has 2 nitrogen and oxygen atoms in total. The predicted octanol–water partition coefficient (Wildman–Crippen LogP) is 1.67. The number of alkyl halides is 2. The van der Waals surface area contributed by atoms with Crippen molar-refractivity contribution >= 4 is 17.2 Å². The van der Waals surface area contributed by atoms with E-state index in [9.17, 15) is 13.6 Å². The lowest BCUT2D eigenvalue weighted by atomic mass is 10.2. The summed E-state index contributed by atoms with van der Waals surface area (Å²) in [6.45, 7) is 0.264. The number of nitrogens with one attached hydrogen (secondary N) is 1. The van der Waals surface area contributed by atoms with Gasteiger partial charge in [-0.05, 0) is 28.8 Å². The van der Waals surface area contributed by atoms with Crippen molar-refractivity contribution in [2.24, 2.45) is 0 Å². The van der Waals surface area contributed by atoms with Crippen LogP contribution in [0.4, 0.5) is 8.78 Å². The summed E-state index contributed by atoms with van der Waals surface area (Å²) in [5.41, 5.74) is 1.06. The molecule has 0 unspecified atom stereocenters. The molecule has 1 amide bonds. The van der Waals surface area contributed by atoms with E-state index in [1.807, 2.05) is 16.8 Å². The predicted molar refractivity (Wildman–Crippen MR) is 47.0 cm³/mol. The Morgan fingerprint density at radius 3 is 2.92 bits per heavy atom. The van der Waals surface area contributed by atoms with Gasteiger partial charge >= 0.3 is 6.43 Å². The summed E-state index contributed by atoms with van der Waals surface area (Å²) in [5, 5.41) is 5.97. The van der Waals surface area contributed by atoms with E-state index in [-0.39, 0.29) is 6.54 Å². The lowest BCUT2D eigenvalue weighted by Gasteiger charge is -2.02. The van der Waals surface area contributed by atoms with E-state index in [2.05, 4.69) is 5.32 Å². The van der Waals surface area contributed by atoms with Crippen molar-refractivity contribution < 1.29 is 13.6 Å². The highest BCUT2D eigenvalue weighted by Gasteiger charge is 2.13. The third-order valence-electron chi connectivity index (χ3n) is 1.49. The minimum absolute atomic E-state index is 0.264. The maximum Gasteiger partial charge on any atom is 0.315 e. The number of rotatable bonds is 4. The molecule has 0 saturated carbocycles. The van der Waals surface area contributed by atoms with E-state index in [1.165, 1.54) is 0 Å².